The Bertz CT molecular complexity index is 998. The third-order valence-electron chi connectivity index (χ3n) is 4.09. The minimum Gasteiger partial charge on any atom is -0.233 e. The van der Waals surface area contributed by atoms with E-state index in [1.165, 1.54) is 6.07 Å². The van der Waals surface area contributed by atoms with Gasteiger partial charge in [0, 0.05) is 11.1 Å². The first kappa shape index (κ1) is 15.4. The maximum atomic E-state index is 12.2. The molecule has 0 saturated carbocycles. The number of rotatable bonds is 2. The van der Waals surface area contributed by atoms with Gasteiger partial charge in [0.25, 0.3) is 10.1 Å². The Kier molecular flexibility index (Phi) is 3.49. The Morgan fingerprint density at radius 1 is 0.750 bits per heavy atom. The summed E-state index contributed by atoms with van der Waals surface area (Å²) in [4.78, 5) is 0.118. The summed E-state index contributed by atoms with van der Waals surface area (Å²) in [6.07, 6.45) is 0. The first-order chi connectivity index (χ1) is 11.5. The highest BCUT2D eigenvalue weighted by Gasteiger charge is 2.48. The van der Waals surface area contributed by atoms with Crippen molar-refractivity contribution in [2.45, 2.75) is 9.96 Å². The van der Waals surface area contributed by atoms with Crippen molar-refractivity contribution >= 4 is 21.7 Å². The SMILES string of the molecule is O=S1(=O)OC(Cl)(c2ccc(-c3ccccc3)cc2)c2ccccc21. The average molecular weight is 357 g/mol. The summed E-state index contributed by atoms with van der Waals surface area (Å²) in [5, 5.41) is -1.52. The Balaban J connectivity index is 1.80. The van der Waals surface area contributed by atoms with Crippen LogP contribution in [0.15, 0.2) is 83.8 Å². The summed E-state index contributed by atoms with van der Waals surface area (Å²) < 4.78 is 29.7. The van der Waals surface area contributed by atoms with Crippen molar-refractivity contribution in [1.29, 1.82) is 0 Å². The molecule has 0 amide bonds. The summed E-state index contributed by atoms with van der Waals surface area (Å²) in [6, 6.07) is 23.9. The molecule has 0 aliphatic carbocycles. The summed E-state index contributed by atoms with van der Waals surface area (Å²) in [5.41, 5.74) is 3.12. The lowest BCUT2D eigenvalue weighted by Gasteiger charge is -2.21. The van der Waals surface area contributed by atoms with E-state index in [1.54, 1.807) is 30.3 Å². The fraction of sp³-hybridized carbons (Fsp3) is 0.0526. The van der Waals surface area contributed by atoms with Crippen molar-refractivity contribution < 1.29 is 12.6 Å². The second kappa shape index (κ2) is 5.45. The molecule has 1 unspecified atom stereocenters. The van der Waals surface area contributed by atoms with Gasteiger partial charge >= 0.3 is 0 Å². The van der Waals surface area contributed by atoms with Crippen molar-refractivity contribution in [3.8, 4) is 11.1 Å². The molecule has 1 heterocycles. The third-order valence-corrected chi connectivity index (χ3v) is 6.05. The Morgan fingerprint density at radius 3 is 2.04 bits per heavy atom. The van der Waals surface area contributed by atoms with E-state index in [-0.39, 0.29) is 4.90 Å². The number of hydrogen-bond acceptors (Lipinski definition) is 3. The van der Waals surface area contributed by atoms with E-state index in [2.05, 4.69) is 0 Å². The molecule has 1 atom stereocenters. The fourth-order valence-electron chi connectivity index (χ4n) is 2.90. The molecule has 0 bridgehead atoms. The van der Waals surface area contributed by atoms with Crippen LogP contribution in [0.4, 0.5) is 0 Å². The van der Waals surface area contributed by atoms with Crippen LogP contribution >= 0.6 is 11.6 Å². The van der Waals surface area contributed by atoms with Gasteiger partial charge in [-0.3, -0.25) is 0 Å². The molecule has 0 fully saturated rings. The van der Waals surface area contributed by atoms with Gasteiger partial charge in [-0.1, -0.05) is 84.4 Å². The van der Waals surface area contributed by atoms with Gasteiger partial charge in [-0.2, -0.15) is 8.42 Å². The minimum absolute atomic E-state index is 0.118. The van der Waals surface area contributed by atoms with Crippen LogP contribution in [0.1, 0.15) is 11.1 Å². The summed E-state index contributed by atoms with van der Waals surface area (Å²) in [6.45, 7) is 0. The molecule has 24 heavy (non-hydrogen) atoms. The maximum absolute atomic E-state index is 12.2. The standard InChI is InChI=1S/C19H13ClO3S/c20-19(17-8-4-5-9-18(17)24(21,22)23-19)16-12-10-15(11-13-16)14-6-2-1-3-7-14/h1-13H. The highest BCUT2D eigenvalue weighted by atomic mass is 35.5. The lowest BCUT2D eigenvalue weighted by atomic mass is 9.98. The lowest BCUT2D eigenvalue weighted by Crippen LogP contribution is -2.20. The van der Waals surface area contributed by atoms with Crippen molar-refractivity contribution in [2.24, 2.45) is 0 Å². The first-order valence-corrected chi connectivity index (χ1v) is 9.19. The smallest absolute Gasteiger partial charge is 0.233 e. The van der Waals surface area contributed by atoms with Gasteiger partial charge < -0.3 is 0 Å². The monoisotopic (exact) mass is 356 g/mol. The van der Waals surface area contributed by atoms with Gasteiger partial charge in [0.1, 0.15) is 4.90 Å². The van der Waals surface area contributed by atoms with Gasteiger partial charge in [-0.05, 0) is 17.2 Å². The van der Waals surface area contributed by atoms with Crippen LogP contribution in [0.5, 0.6) is 0 Å². The van der Waals surface area contributed by atoms with Gasteiger partial charge in [-0.15, -0.1) is 0 Å². The molecule has 3 nitrogen and oxygen atoms in total. The number of benzene rings is 3. The molecule has 1 aliphatic rings. The van der Waals surface area contributed by atoms with Crippen molar-refractivity contribution in [2.75, 3.05) is 0 Å². The Hall–Kier alpha value is -2.14. The van der Waals surface area contributed by atoms with E-state index in [1.807, 2.05) is 42.5 Å². The van der Waals surface area contributed by atoms with E-state index in [0.717, 1.165) is 11.1 Å². The second-order valence-corrected chi connectivity index (χ2v) is 7.62. The van der Waals surface area contributed by atoms with E-state index >= 15 is 0 Å². The molecule has 5 heteroatoms. The largest absolute Gasteiger partial charge is 0.299 e. The number of hydrogen-bond donors (Lipinski definition) is 0. The molecule has 3 aromatic carbocycles. The molecule has 0 saturated heterocycles. The first-order valence-electron chi connectivity index (χ1n) is 7.41. The Morgan fingerprint density at radius 2 is 1.33 bits per heavy atom. The second-order valence-electron chi connectivity index (χ2n) is 5.57. The molecule has 120 valence electrons. The van der Waals surface area contributed by atoms with E-state index in [4.69, 9.17) is 15.8 Å². The van der Waals surface area contributed by atoms with Gasteiger partial charge in [-0.25, -0.2) is 4.18 Å². The zero-order valence-corrected chi connectivity index (χ0v) is 14.1. The molecule has 3 aromatic rings. The van der Waals surface area contributed by atoms with Crippen LogP contribution in [0.2, 0.25) is 0 Å². The van der Waals surface area contributed by atoms with Crippen molar-refractivity contribution in [1.82, 2.24) is 0 Å². The minimum atomic E-state index is -3.86. The van der Waals surface area contributed by atoms with Crippen LogP contribution in [-0.4, -0.2) is 8.42 Å². The van der Waals surface area contributed by atoms with Crippen LogP contribution in [0, 0.1) is 0 Å². The molecule has 4 rings (SSSR count). The predicted octanol–water partition coefficient (Wildman–Crippen LogP) is 4.51. The molecule has 1 aliphatic heterocycles. The van der Waals surface area contributed by atoms with E-state index in [0.29, 0.717) is 11.1 Å². The summed E-state index contributed by atoms with van der Waals surface area (Å²) in [5.74, 6) is 0. The van der Waals surface area contributed by atoms with E-state index < -0.39 is 15.2 Å². The van der Waals surface area contributed by atoms with E-state index in [9.17, 15) is 8.42 Å². The molecule has 0 aromatic heterocycles. The molecule has 0 N–H and O–H groups in total. The zero-order valence-electron chi connectivity index (χ0n) is 12.5. The molecular weight excluding hydrogens is 344 g/mol. The molecule has 0 spiro atoms. The fourth-order valence-corrected chi connectivity index (χ4v) is 4.80. The summed E-state index contributed by atoms with van der Waals surface area (Å²) >= 11 is 6.61. The number of alkyl halides is 1. The van der Waals surface area contributed by atoms with Crippen LogP contribution < -0.4 is 0 Å². The van der Waals surface area contributed by atoms with Gasteiger partial charge in [0.2, 0.25) is 5.06 Å². The van der Waals surface area contributed by atoms with Gasteiger partial charge in [0.05, 0.1) is 0 Å². The lowest BCUT2D eigenvalue weighted by molar-refractivity contribution is 0.227. The highest BCUT2D eigenvalue weighted by molar-refractivity contribution is 7.87. The zero-order chi connectivity index (χ0) is 16.8. The third kappa shape index (κ3) is 2.35. The quantitative estimate of drug-likeness (QED) is 0.501. The van der Waals surface area contributed by atoms with Crippen molar-refractivity contribution in [3.05, 3.63) is 90.0 Å². The van der Waals surface area contributed by atoms with Crippen LogP contribution in [-0.2, 0) is 19.4 Å². The van der Waals surface area contributed by atoms with Crippen molar-refractivity contribution in [3.63, 3.8) is 0 Å². The molecular formula is C19H13ClO3S. The highest BCUT2D eigenvalue weighted by Crippen LogP contribution is 2.48. The van der Waals surface area contributed by atoms with Crippen LogP contribution in [0.3, 0.4) is 0 Å². The van der Waals surface area contributed by atoms with Crippen LogP contribution in [0.25, 0.3) is 11.1 Å². The topological polar surface area (TPSA) is 43.4 Å². The number of fused-ring (bicyclic) bond motifs is 1. The average Bonchev–Trinajstić information content (AvgIpc) is 2.83. The predicted molar refractivity (Wildman–Crippen MR) is 93.2 cm³/mol. The van der Waals surface area contributed by atoms with Gasteiger partial charge in [0.15, 0.2) is 0 Å². The Labute approximate surface area is 145 Å². The molecule has 0 radical (unpaired) electrons. The summed E-state index contributed by atoms with van der Waals surface area (Å²) in [7, 11) is -3.86. The normalized spacial score (nSPS) is 21.4. The number of halogens is 1. The maximum Gasteiger partial charge on any atom is 0.299 e.